The van der Waals surface area contributed by atoms with Crippen LogP contribution in [-0.2, 0) is 0 Å². The SMILES string of the molecule is In1cnnc1-c1ccccc1. The summed E-state index contributed by atoms with van der Waals surface area (Å²) in [6, 6.07) is 9.98. The third-order valence-corrected chi connectivity index (χ3v) is 2.25. The molecule has 0 saturated heterocycles. The Bertz CT molecular complexity index is 369. The number of hydrogen-bond donors (Lipinski definition) is 0. The van der Waals surface area contributed by atoms with Crippen molar-refractivity contribution in [2.45, 2.75) is 0 Å². The second kappa shape index (κ2) is 3.22. The first-order valence-corrected chi connectivity index (χ1v) is 4.46. The second-order valence-corrected chi connectivity index (χ2v) is 3.37. The predicted molar refractivity (Wildman–Crippen MR) is 54.9 cm³/mol. The molecule has 4 heteroatoms. The molecule has 0 atom stereocenters. The Labute approximate surface area is 83.9 Å². The van der Waals surface area contributed by atoms with Gasteiger partial charge in [-0.1, -0.05) is 30.3 Å². The number of rotatable bonds is 1. The zero-order valence-corrected chi connectivity index (χ0v) is 8.34. The van der Waals surface area contributed by atoms with Crippen molar-refractivity contribution in [2.75, 3.05) is 0 Å². The lowest BCUT2D eigenvalue weighted by molar-refractivity contribution is 1.10. The van der Waals surface area contributed by atoms with E-state index in [4.69, 9.17) is 0 Å². The number of aromatic nitrogens is 3. The summed E-state index contributed by atoms with van der Waals surface area (Å²) in [5.41, 5.74) is 1.09. The monoisotopic (exact) mass is 271 g/mol. The summed E-state index contributed by atoms with van der Waals surface area (Å²) in [5, 5.41) is 7.80. The molecule has 0 aliphatic rings. The van der Waals surface area contributed by atoms with E-state index < -0.39 is 0 Å². The highest BCUT2D eigenvalue weighted by Crippen LogP contribution is 2.16. The molecule has 0 amide bonds. The molecule has 0 spiro atoms. The Morgan fingerprint density at radius 3 is 2.50 bits per heavy atom. The molecule has 2 aromatic rings. The minimum atomic E-state index is 0.885. The van der Waals surface area contributed by atoms with Gasteiger partial charge in [0.25, 0.3) is 0 Å². The lowest BCUT2D eigenvalue weighted by atomic mass is 10.2. The summed E-state index contributed by atoms with van der Waals surface area (Å²) >= 11 is 2.15. The van der Waals surface area contributed by atoms with Crippen LogP contribution in [0.5, 0.6) is 0 Å². The van der Waals surface area contributed by atoms with Crippen LogP contribution in [-0.4, -0.2) is 13.0 Å². The van der Waals surface area contributed by atoms with Crippen LogP contribution in [0.3, 0.4) is 0 Å². The van der Waals surface area contributed by atoms with Gasteiger partial charge in [-0.25, -0.2) is 0 Å². The summed E-state index contributed by atoms with van der Waals surface area (Å²) in [4.78, 5) is 0. The maximum atomic E-state index is 3.99. The molecule has 3 nitrogen and oxygen atoms in total. The molecule has 0 saturated carbocycles. The highest BCUT2D eigenvalue weighted by atomic mass is 127. The average Bonchev–Trinajstić information content (AvgIpc) is 2.53. The van der Waals surface area contributed by atoms with E-state index in [1.807, 2.05) is 33.1 Å². The van der Waals surface area contributed by atoms with Gasteiger partial charge in [-0.2, -0.15) is 0 Å². The van der Waals surface area contributed by atoms with Gasteiger partial charge in [0, 0.05) is 5.56 Å². The summed E-state index contributed by atoms with van der Waals surface area (Å²) < 4.78 is 1.87. The van der Waals surface area contributed by atoms with Crippen LogP contribution in [0.1, 0.15) is 0 Å². The molecule has 0 bridgehead atoms. The van der Waals surface area contributed by atoms with Crippen LogP contribution in [0.4, 0.5) is 0 Å². The largest absolute Gasteiger partial charge is 0.253 e. The molecule has 1 heterocycles. The Balaban J connectivity index is 2.51. The van der Waals surface area contributed by atoms with E-state index in [0.29, 0.717) is 0 Å². The van der Waals surface area contributed by atoms with Crippen molar-refractivity contribution in [3.63, 3.8) is 0 Å². The van der Waals surface area contributed by atoms with Gasteiger partial charge in [0.1, 0.15) is 6.33 Å². The molecule has 60 valence electrons. The van der Waals surface area contributed by atoms with Crippen molar-refractivity contribution in [3.8, 4) is 11.4 Å². The molecule has 12 heavy (non-hydrogen) atoms. The van der Waals surface area contributed by atoms with Crippen LogP contribution in [0.15, 0.2) is 36.7 Å². The first-order chi connectivity index (χ1) is 5.88. The molecule has 1 aromatic heterocycles. The Hall–Kier alpha value is -0.910. The zero-order valence-electron chi connectivity index (χ0n) is 6.18. The molecule has 0 aliphatic heterocycles. The van der Waals surface area contributed by atoms with Crippen molar-refractivity contribution in [1.82, 2.24) is 13.0 Å². The molecule has 0 fully saturated rings. The third-order valence-electron chi connectivity index (χ3n) is 1.54. The van der Waals surface area contributed by atoms with Crippen LogP contribution >= 0.6 is 22.9 Å². The lowest BCUT2D eigenvalue weighted by Crippen LogP contribution is -1.83. The molecule has 0 radical (unpaired) electrons. The topological polar surface area (TPSA) is 30.7 Å². The van der Waals surface area contributed by atoms with Gasteiger partial charge in [0.2, 0.25) is 0 Å². The maximum absolute atomic E-state index is 3.99. The van der Waals surface area contributed by atoms with Crippen LogP contribution in [0.25, 0.3) is 11.4 Å². The minimum Gasteiger partial charge on any atom is -0.253 e. The van der Waals surface area contributed by atoms with Gasteiger partial charge in [-0.15, -0.1) is 10.2 Å². The fourth-order valence-electron chi connectivity index (χ4n) is 0.992. The normalized spacial score (nSPS) is 10.1. The minimum absolute atomic E-state index is 0.885. The fraction of sp³-hybridized carbons (Fsp3) is 0. The lowest BCUT2D eigenvalue weighted by Gasteiger charge is -1.96. The van der Waals surface area contributed by atoms with Crippen molar-refractivity contribution in [1.29, 1.82) is 0 Å². The summed E-state index contributed by atoms with van der Waals surface area (Å²) in [6.45, 7) is 0. The van der Waals surface area contributed by atoms with Gasteiger partial charge in [-0.05, 0) is 0 Å². The molecule has 0 unspecified atom stereocenters. The van der Waals surface area contributed by atoms with E-state index in [1.165, 1.54) is 0 Å². The van der Waals surface area contributed by atoms with Crippen LogP contribution in [0.2, 0.25) is 0 Å². The highest BCUT2D eigenvalue weighted by Gasteiger charge is 2.02. The zero-order chi connectivity index (χ0) is 8.39. The maximum Gasteiger partial charge on any atom is 0.172 e. The number of nitrogens with zero attached hydrogens (tertiary/aromatic N) is 3. The first kappa shape index (κ1) is 7.72. The molecule has 1 aromatic carbocycles. The van der Waals surface area contributed by atoms with E-state index in [1.54, 1.807) is 6.33 Å². The molecule has 0 N–H and O–H groups in total. The molecular weight excluding hydrogens is 265 g/mol. The van der Waals surface area contributed by atoms with Gasteiger partial charge in [0.05, 0.1) is 22.9 Å². The summed E-state index contributed by atoms with van der Waals surface area (Å²) in [5.74, 6) is 0.885. The van der Waals surface area contributed by atoms with Crippen LogP contribution in [0, 0.1) is 0 Å². The Kier molecular flexibility index (Phi) is 2.07. The summed E-state index contributed by atoms with van der Waals surface area (Å²) in [6.07, 6.45) is 1.68. The molecular formula is C8H6IN3. The summed E-state index contributed by atoms with van der Waals surface area (Å²) in [7, 11) is 0. The van der Waals surface area contributed by atoms with Gasteiger partial charge >= 0.3 is 0 Å². The highest BCUT2D eigenvalue weighted by molar-refractivity contribution is 14.1. The van der Waals surface area contributed by atoms with E-state index in [2.05, 4.69) is 33.1 Å². The quantitative estimate of drug-likeness (QED) is 0.744. The molecule has 2 rings (SSSR count). The van der Waals surface area contributed by atoms with Crippen LogP contribution < -0.4 is 0 Å². The average molecular weight is 271 g/mol. The number of benzene rings is 1. The fourth-order valence-corrected chi connectivity index (χ4v) is 1.48. The predicted octanol–water partition coefficient (Wildman–Crippen LogP) is 2.14. The Morgan fingerprint density at radius 1 is 1.17 bits per heavy atom. The third kappa shape index (κ3) is 1.34. The Morgan fingerprint density at radius 2 is 1.92 bits per heavy atom. The number of hydrogen-bond acceptors (Lipinski definition) is 2. The van der Waals surface area contributed by atoms with E-state index in [-0.39, 0.29) is 0 Å². The van der Waals surface area contributed by atoms with Crippen molar-refractivity contribution in [3.05, 3.63) is 36.7 Å². The second-order valence-electron chi connectivity index (χ2n) is 2.33. The van der Waals surface area contributed by atoms with Gasteiger partial charge in [-0.3, -0.25) is 2.78 Å². The van der Waals surface area contributed by atoms with Crippen molar-refractivity contribution < 1.29 is 0 Å². The van der Waals surface area contributed by atoms with Gasteiger partial charge < -0.3 is 0 Å². The van der Waals surface area contributed by atoms with Crippen molar-refractivity contribution >= 4 is 22.9 Å². The smallest absolute Gasteiger partial charge is 0.172 e. The number of halogens is 1. The first-order valence-electron chi connectivity index (χ1n) is 3.49. The van der Waals surface area contributed by atoms with Gasteiger partial charge in [0.15, 0.2) is 5.82 Å². The standard InChI is InChI=1S/C8H6IN3/c9-12-6-10-11-8(12)7-4-2-1-3-5-7/h1-6H. The van der Waals surface area contributed by atoms with E-state index >= 15 is 0 Å². The van der Waals surface area contributed by atoms with Crippen molar-refractivity contribution in [2.24, 2.45) is 0 Å². The van der Waals surface area contributed by atoms with E-state index in [9.17, 15) is 0 Å². The molecule has 0 aliphatic carbocycles. The van der Waals surface area contributed by atoms with E-state index in [0.717, 1.165) is 11.4 Å².